The predicted molar refractivity (Wildman–Crippen MR) is 240 cm³/mol. The van der Waals surface area contributed by atoms with Gasteiger partial charge in [0.25, 0.3) is 0 Å². The van der Waals surface area contributed by atoms with Gasteiger partial charge in [0.1, 0.15) is 9.75 Å². The molecule has 297 valence electrons. The van der Waals surface area contributed by atoms with Crippen molar-refractivity contribution < 1.29 is 75.2 Å². The Bertz CT molecular complexity index is 1990. The molecule has 7 aromatic heterocycles. The molecule has 21 heteroatoms. The molecular formula is C34H33Br2CuLiO8S9. The van der Waals surface area contributed by atoms with E-state index >= 15 is 0 Å². The van der Waals surface area contributed by atoms with Gasteiger partial charge in [-0.05, 0) is 122 Å². The Morgan fingerprint density at radius 3 is 1.71 bits per heavy atom. The number of carboxylic acid groups (broad SMARTS) is 1. The standard InChI is InChI=1S/C8H10O2S2.C7H4O2S2.C6H4S2.C5H3BrOS.C4H3BrS.C4H8O2S.Cu.Li.H2O/c1-3-10-8(9)7-4-6(11)5(2)12-7;8-7(9)6-3-5-4(11-6)1-2-10-5;1-3-7-6-2-4-8-5(1)6;6-4-1-2-8-5(4)3-7;5-4-1-2-6-3-4;1-2-6-4(5)3-7;;;/h4,11H,3H2,1-2H3;1-3H,(H,8,9);1-4H;1-3H;1-3H;7H,2-3H2,1H3;;;1H2/q;;;;;;;+1;/p-1. The first-order valence-corrected chi connectivity index (χ1v) is 23.4. The fraction of sp³-hybridized carbons (Fsp3) is 0.176. The van der Waals surface area contributed by atoms with E-state index < -0.39 is 5.97 Å². The first-order valence-electron chi connectivity index (χ1n) is 14.6. The molecule has 1 radical (unpaired) electrons. The Hall–Kier alpha value is -0.763. The first kappa shape index (κ1) is 56.3. The van der Waals surface area contributed by atoms with Crippen LogP contribution in [-0.4, -0.2) is 53.7 Å². The first-order chi connectivity index (χ1) is 24.9. The number of hydrogen-bond donors (Lipinski definition) is 3. The molecule has 7 heterocycles. The van der Waals surface area contributed by atoms with E-state index in [0.717, 1.165) is 34.8 Å². The SMILES string of the molecule is Brc1ccsc1.CCOC(=O)CS.CCOC(=O)c1cc(S)c(C)s1.O=C(O)c1cc2sccc2s1.O=Cc1sccc1Br.[Cu].[Li+].[OH-].c1cc2sccc2s1. The van der Waals surface area contributed by atoms with Crippen molar-refractivity contribution in [1.29, 1.82) is 0 Å². The molecule has 0 amide bonds. The van der Waals surface area contributed by atoms with Crippen molar-refractivity contribution in [2.75, 3.05) is 19.0 Å². The monoisotopic (exact) mass is 1080 g/mol. The third kappa shape index (κ3) is 21.7. The smallest absolute Gasteiger partial charge is 0.870 e. The fourth-order valence-corrected chi connectivity index (χ4v) is 10.6. The minimum atomic E-state index is -0.835. The number of carbonyl (C=O) groups is 4. The van der Waals surface area contributed by atoms with Crippen LogP contribution in [0.15, 0.2) is 88.6 Å². The number of thiophene rings is 7. The molecule has 55 heavy (non-hydrogen) atoms. The Morgan fingerprint density at radius 2 is 1.36 bits per heavy atom. The topological polar surface area (TPSA) is 137 Å². The maximum absolute atomic E-state index is 11.2. The van der Waals surface area contributed by atoms with E-state index in [1.54, 1.807) is 71.3 Å². The van der Waals surface area contributed by atoms with Crippen molar-refractivity contribution in [1.82, 2.24) is 0 Å². The number of ether oxygens (including phenoxy) is 2. The molecule has 0 aliphatic carbocycles. The molecule has 8 nitrogen and oxygen atoms in total. The van der Waals surface area contributed by atoms with Gasteiger partial charge in [-0.2, -0.15) is 24.0 Å². The van der Waals surface area contributed by atoms with Gasteiger partial charge >= 0.3 is 36.8 Å². The number of hydrogen-bond acceptors (Lipinski definition) is 16. The largest absolute Gasteiger partial charge is 1.00 e. The Balaban J connectivity index is 0. The number of rotatable bonds is 6. The summed E-state index contributed by atoms with van der Waals surface area (Å²) in [5, 5.41) is 20.8. The van der Waals surface area contributed by atoms with Crippen LogP contribution in [0.25, 0.3) is 18.8 Å². The molecule has 0 fully saturated rings. The number of aldehydes is 1. The molecule has 0 aromatic carbocycles. The van der Waals surface area contributed by atoms with Crippen molar-refractivity contribution >= 4 is 179 Å². The molecule has 0 spiro atoms. The molecule has 0 unspecified atom stereocenters. The maximum atomic E-state index is 11.2. The van der Waals surface area contributed by atoms with Crippen LogP contribution in [-0.2, 0) is 31.3 Å². The van der Waals surface area contributed by atoms with Crippen LogP contribution in [0.2, 0.25) is 0 Å². The van der Waals surface area contributed by atoms with E-state index in [9.17, 15) is 19.2 Å². The van der Waals surface area contributed by atoms with Crippen molar-refractivity contribution in [3.8, 4) is 0 Å². The van der Waals surface area contributed by atoms with Crippen LogP contribution in [0.5, 0.6) is 0 Å². The molecular weight excluding hydrogens is 1060 g/mol. The Morgan fingerprint density at radius 1 is 0.800 bits per heavy atom. The molecule has 7 rings (SSSR count). The van der Waals surface area contributed by atoms with Crippen molar-refractivity contribution in [3.63, 3.8) is 0 Å². The summed E-state index contributed by atoms with van der Waals surface area (Å²) >= 11 is 25.4. The number of aromatic carboxylic acids is 1. The molecule has 7 aromatic rings. The number of esters is 2. The van der Waals surface area contributed by atoms with Crippen LogP contribution in [0.4, 0.5) is 0 Å². The maximum Gasteiger partial charge on any atom is 1.00 e. The third-order valence-corrected chi connectivity index (χ3v) is 14.6. The summed E-state index contributed by atoms with van der Waals surface area (Å²) in [6, 6.07) is 13.6. The summed E-state index contributed by atoms with van der Waals surface area (Å²) in [7, 11) is 0. The van der Waals surface area contributed by atoms with E-state index in [0.29, 0.717) is 23.0 Å². The molecule has 2 N–H and O–H groups in total. The van der Waals surface area contributed by atoms with Gasteiger partial charge in [0.15, 0.2) is 6.29 Å². The van der Waals surface area contributed by atoms with Gasteiger partial charge in [-0.25, -0.2) is 9.59 Å². The van der Waals surface area contributed by atoms with Crippen molar-refractivity contribution in [2.45, 2.75) is 25.7 Å². The number of carboxylic acids is 1. The summed E-state index contributed by atoms with van der Waals surface area (Å²) in [5.74, 6) is -1.18. The van der Waals surface area contributed by atoms with Gasteiger partial charge in [-0.1, -0.05) is 0 Å². The number of fused-ring (bicyclic) bond motifs is 2. The van der Waals surface area contributed by atoms with Crippen LogP contribution >= 0.6 is 136 Å². The number of carbonyl (C=O) groups excluding carboxylic acids is 3. The van der Waals surface area contributed by atoms with Crippen LogP contribution < -0.4 is 18.9 Å². The fourth-order valence-electron chi connectivity index (χ4n) is 3.19. The molecule has 0 aliphatic rings. The van der Waals surface area contributed by atoms with Crippen molar-refractivity contribution in [3.05, 3.63) is 103 Å². The normalized spacial score (nSPS) is 9.15. The third-order valence-electron chi connectivity index (χ3n) is 5.46. The Labute approximate surface area is 397 Å². The summed E-state index contributed by atoms with van der Waals surface area (Å²) in [4.78, 5) is 45.5. The quantitative estimate of drug-likeness (QED) is 0.0648. The number of thiol groups is 2. The van der Waals surface area contributed by atoms with Crippen LogP contribution in [0.3, 0.4) is 0 Å². The van der Waals surface area contributed by atoms with E-state index in [1.807, 2.05) is 46.6 Å². The van der Waals surface area contributed by atoms with Gasteiger partial charge < -0.3 is 20.1 Å². The minimum Gasteiger partial charge on any atom is -0.870 e. The average Bonchev–Trinajstić information content (AvgIpc) is 3.96. The molecule has 0 saturated carbocycles. The minimum absolute atomic E-state index is 0. The second kappa shape index (κ2) is 32.1. The van der Waals surface area contributed by atoms with E-state index in [1.165, 1.54) is 47.9 Å². The van der Waals surface area contributed by atoms with Gasteiger partial charge in [0.05, 0.1) is 23.8 Å². The molecule has 0 aliphatic heterocycles. The van der Waals surface area contributed by atoms with Gasteiger partial charge in [0, 0.05) is 60.0 Å². The molecule has 0 atom stereocenters. The van der Waals surface area contributed by atoms with Gasteiger partial charge in [-0.15, -0.1) is 80.6 Å². The molecule has 0 saturated heterocycles. The van der Waals surface area contributed by atoms with Crippen molar-refractivity contribution in [2.24, 2.45) is 0 Å². The van der Waals surface area contributed by atoms with Crippen LogP contribution in [0.1, 0.15) is 47.7 Å². The van der Waals surface area contributed by atoms with Gasteiger partial charge in [0.2, 0.25) is 0 Å². The number of halogens is 2. The summed E-state index contributed by atoms with van der Waals surface area (Å²) in [6.07, 6.45) is 0.842. The van der Waals surface area contributed by atoms with E-state index in [-0.39, 0.29) is 59.1 Å². The summed E-state index contributed by atoms with van der Waals surface area (Å²) < 4.78 is 16.3. The van der Waals surface area contributed by atoms with E-state index in [2.05, 4.69) is 84.7 Å². The molecule has 0 bridgehead atoms. The zero-order valence-electron chi connectivity index (χ0n) is 29.4. The predicted octanol–water partition coefficient (Wildman–Crippen LogP) is 10.3. The van der Waals surface area contributed by atoms with Gasteiger partial charge in [-0.3, -0.25) is 9.59 Å². The number of aryl methyl sites for hydroxylation is 1. The second-order valence-electron chi connectivity index (χ2n) is 9.06. The zero-order valence-corrected chi connectivity index (χ0v) is 41.0. The zero-order chi connectivity index (χ0) is 38.5. The van der Waals surface area contributed by atoms with E-state index in [4.69, 9.17) is 9.84 Å². The summed E-state index contributed by atoms with van der Waals surface area (Å²) in [6.45, 7) is 6.34. The van der Waals surface area contributed by atoms with Crippen LogP contribution in [0, 0.1) is 6.92 Å². The Kier molecular flexibility index (Phi) is 32.9. The second-order valence-corrected chi connectivity index (χ2v) is 18.5. The average molecular weight is 1090 g/mol. The summed E-state index contributed by atoms with van der Waals surface area (Å²) in [5.41, 5.74) is 0.